The number of benzene rings is 3. The molecule has 42 heavy (non-hydrogen) atoms. The van der Waals surface area contributed by atoms with E-state index in [-0.39, 0.29) is 39.1 Å². The summed E-state index contributed by atoms with van der Waals surface area (Å²) in [6.45, 7) is 3.03. The molecule has 0 spiro atoms. The topological polar surface area (TPSA) is 86.8 Å². The molecule has 11 heteroatoms. The Kier molecular flexibility index (Phi) is 11.0. The molecule has 3 aromatic rings. The number of amides is 2. The van der Waals surface area contributed by atoms with E-state index >= 15 is 0 Å². The van der Waals surface area contributed by atoms with E-state index in [1.54, 1.807) is 25.1 Å². The third-order valence-corrected chi connectivity index (χ3v) is 10.3. The highest BCUT2D eigenvalue weighted by atomic mass is 79.9. The Labute approximate surface area is 266 Å². The second kappa shape index (κ2) is 14.3. The molecule has 0 aromatic heterocycles. The predicted octanol–water partition coefficient (Wildman–Crippen LogP) is 7.13. The van der Waals surface area contributed by atoms with Crippen molar-refractivity contribution in [2.24, 2.45) is 0 Å². The van der Waals surface area contributed by atoms with Crippen molar-refractivity contribution >= 4 is 66.7 Å². The van der Waals surface area contributed by atoms with Crippen LogP contribution in [0.3, 0.4) is 0 Å². The molecule has 1 atom stereocenters. The van der Waals surface area contributed by atoms with Crippen LogP contribution >= 0.6 is 39.1 Å². The van der Waals surface area contributed by atoms with Crippen LogP contribution in [-0.2, 0) is 26.2 Å². The number of aryl methyl sites for hydroxylation is 1. The molecular formula is C31H34BrCl2N3O4S. The number of sulfonamides is 1. The van der Waals surface area contributed by atoms with Crippen molar-refractivity contribution in [2.45, 2.75) is 69.5 Å². The summed E-state index contributed by atoms with van der Waals surface area (Å²) in [7, 11) is -4.25. The van der Waals surface area contributed by atoms with Gasteiger partial charge in [-0.3, -0.25) is 13.9 Å². The van der Waals surface area contributed by atoms with Crippen molar-refractivity contribution in [1.29, 1.82) is 0 Å². The molecule has 1 saturated carbocycles. The summed E-state index contributed by atoms with van der Waals surface area (Å²) in [5, 5.41) is 3.48. The number of rotatable bonds is 10. The number of carbonyl (C=O) groups excluding carboxylic acids is 2. The molecule has 3 aromatic carbocycles. The molecule has 2 amide bonds. The fourth-order valence-electron chi connectivity index (χ4n) is 4.97. The van der Waals surface area contributed by atoms with E-state index in [0.29, 0.717) is 0 Å². The fraction of sp³-hybridized carbons (Fsp3) is 0.355. The predicted molar refractivity (Wildman–Crippen MR) is 171 cm³/mol. The summed E-state index contributed by atoms with van der Waals surface area (Å²) < 4.78 is 29.8. The van der Waals surface area contributed by atoms with E-state index in [1.165, 1.54) is 29.2 Å². The Balaban J connectivity index is 1.70. The Morgan fingerprint density at radius 1 is 0.976 bits per heavy atom. The first-order valence-corrected chi connectivity index (χ1v) is 16.8. The maximum Gasteiger partial charge on any atom is 0.264 e. The van der Waals surface area contributed by atoms with Crippen LogP contribution in [0.4, 0.5) is 5.69 Å². The zero-order valence-electron chi connectivity index (χ0n) is 23.5. The Morgan fingerprint density at radius 2 is 1.62 bits per heavy atom. The number of nitrogens with one attached hydrogen (secondary N) is 1. The fourth-order valence-corrected chi connectivity index (χ4v) is 7.09. The first-order chi connectivity index (χ1) is 20.0. The van der Waals surface area contributed by atoms with E-state index in [1.807, 2.05) is 31.2 Å². The van der Waals surface area contributed by atoms with Gasteiger partial charge in [-0.2, -0.15) is 0 Å². The molecule has 0 saturated heterocycles. The Morgan fingerprint density at radius 3 is 2.26 bits per heavy atom. The molecule has 0 aliphatic heterocycles. The minimum Gasteiger partial charge on any atom is -0.352 e. The molecular weight excluding hydrogens is 661 g/mol. The molecule has 0 heterocycles. The van der Waals surface area contributed by atoms with Gasteiger partial charge < -0.3 is 10.2 Å². The average Bonchev–Trinajstić information content (AvgIpc) is 2.97. The lowest BCUT2D eigenvalue weighted by molar-refractivity contribution is -0.139. The zero-order valence-corrected chi connectivity index (χ0v) is 27.4. The second-order valence-electron chi connectivity index (χ2n) is 10.6. The van der Waals surface area contributed by atoms with Crippen LogP contribution in [0.25, 0.3) is 0 Å². The van der Waals surface area contributed by atoms with Crippen molar-refractivity contribution < 1.29 is 18.0 Å². The van der Waals surface area contributed by atoms with Crippen molar-refractivity contribution in [3.05, 3.63) is 92.4 Å². The summed E-state index contributed by atoms with van der Waals surface area (Å²) in [4.78, 5) is 29.0. The van der Waals surface area contributed by atoms with Crippen LogP contribution in [0.5, 0.6) is 0 Å². The molecule has 0 unspecified atom stereocenters. The van der Waals surface area contributed by atoms with Crippen LogP contribution in [0, 0.1) is 6.92 Å². The Hall–Kier alpha value is -2.59. The first-order valence-electron chi connectivity index (χ1n) is 13.8. The number of hydrogen-bond donors (Lipinski definition) is 1. The summed E-state index contributed by atoms with van der Waals surface area (Å²) >= 11 is 16.2. The molecule has 1 fully saturated rings. The number of nitrogens with zero attached hydrogens (tertiary/aromatic N) is 2. The van der Waals surface area contributed by atoms with Crippen molar-refractivity contribution in [3.63, 3.8) is 0 Å². The largest absolute Gasteiger partial charge is 0.352 e. The van der Waals surface area contributed by atoms with Gasteiger partial charge in [0.2, 0.25) is 11.8 Å². The van der Waals surface area contributed by atoms with Crippen molar-refractivity contribution in [1.82, 2.24) is 10.2 Å². The highest BCUT2D eigenvalue weighted by Gasteiger charge is 2.34. The van der Waals surface area contributed by atoms with Crippen LogP contribution < -0.4 is 9.62 Å². The maximum absolute atomic E-state index is 14.1. The van der Waals surface area contributed by atoms with E-state index in [4.69, 9.17) is 23.2 Å². The lowest BCUT2D eigenvalue weighted by Gasteiger charge is -2.33. The highest BCUT2D eigenvalue weighted by molar-refractivity contribution is 9.10. The summed E-state index contributed by atoms with van der Waals surface area (Å²) in [6.07, 6.45) is 5.04. The number of hydrogen-bond acceptors (Lipinski definition) is 4. The van der Waals surface area contributed by atoms with Gasteiger partial charge in [0.15, 0.2) is 0 Å². The molecule has 224 valence electrons. The van der Waals surface area contributed by atoms with Crippen molar-refractivity contribution in [2.75, 3.05) is 10.8 Å². The van der Waals surface area contributed by atoms with Gasteiger partial charge in [-0.15, -0.1) is 0 Å². The SMILES string of the molecule is Cc1ccc(S(=O)(=O)N(CC(=O)N(Cc2ccc(Br)cc2)[C@@H](C)C(=O)NC2CCCCC2)c2cc(Cl)ccc2Cl)cc1. The summed E-state index contributed by atoms with van der Waals surface area (Å²) in [5.41, 5.74) is 1.74. The highest BCUT2D eigenvalue weighted by Crippen LogP contribution is 2.33. The third-order valence-electron chi connectivity index (χ3n) is 7.45. The average molecular weight is 696 g/mol. The van der Waals surface area contributed by atoms with Crippen LogP contribution in [0.15, 0.2) is 76.1 Å². The van der Waals surface area contributed by atoms with Crippen LogP contribution in [0.2, 0.25) is 10.0 Å². The number of anilines is 1. The van der Waals surface area contributed by atoms with E-state index < -0.39 is 28.5 Å². The van der Waals surface area contributed by atoms with Gasteiger partial charge in [-0.25, -0.2) is 8.42 Å². The molecule has 1 aliphatic carbocycles. The van der Waals surface area contributed by atoms with Gasteiger partial charge in [-0.05, 0) is 74.7 Å². The minimum absolute atomic E-state index is 0.000471. The van der Waals surface area contributed by atoms with Crippen LogP contribution in [-0.4, -0.2) is 43.8 Å². The van der Waals surface area contributed by atoms with E-state index in [2.05, 4.69) is 21.2 Å². The summed E-state index contributed by atoms with van der Waals surface area (Å²) in [5.74, 6) is -0.836. The van der Waals surface area contributed by atoms with E-state index in [9.17, 15) is 18.0 Å². The lowest BCUT2D eigenvalue weighted by atomic mass is 9.95. The lowest BCUT2D eigenvalue weighted by Crippen LogP contribution is -2.53. The standard InChI is InChI=1S/C31H34BrCl2N3O4S/c1-21-8-15-27(16-9-21)42(40,41)37(29-18-25(33)14-17-28(29)34)20-30(38)36(19-23-10-12-24(32)13-11-23)22(2)31(39)35-26-6-4-3-5-7-26/h8-18,22,26H,3-7,19-20H2,1-2H3,(H,35,39)/t22-/m0/s1. The van der Waals surface area contributed by atoms with Gasteiger partial charge >= 0.3 is 0 Å². The van der Waals surface area contributed by atoms with Crippen molar-refractivity contribution in [3.8, 4) is 0 Å². The summed E-state index contributed by atoms with van der Waals surface area (Å²) in [6, 6.07) is 17.4. The number of carbonyl (C=O) groups is 2. The second-order valence-corrected chi connectivity index (χ2v) is 14.2. The molecule has 0 bridgehead atoms. The van der Waals surface area contributed by atoms with Gasteiger partial charge in [0, 0.05) is 22.1 Å². The molecule has 1 aliphatic rings. The van der Waals surface area contributed by atoms with Crippen LogP contribution in [0.1, 0.15) is 50.2 Å². The number of halogens is 3. The van der Waals surface area contributed by atoms with E-state index in [0.717, 1.165) is 52.0 Å². The first kappa shape index (κ1) is 32.3. The molecule has 4 rings (SSSR count). The monoisotopic (exact) mass is 693 g/mol. The van der Waals surface area contributed by atoms with Gasteiger partial charge in [0.05, 0.1) is 15.6 Å². The molecule has 0 radical (unpaired) electrons. The smallest absolute Gasteiger partial charge is 0.264 e. The molecule has 1 N–H and O–H groups in total. The van der Waals surface area contributed by atoms with Gasteiger partial charge in [0.1, 0.15) is 12.6 Å². The minimum atomic E-state index is -4.25. The normalized spacial score (nSPS) is 14.7. The van der Waals surface area contributed by atoms with Gasteiger partial charge in [0.25, 0.3) is 10.0 Å². The maximum atomic E-state index is 14.1. The quantitative estimate of drug-likeness (QED) is 0.245. The zero-order chi connectivity index (χ0) is 30.4. The third kappa shape index (κ3) is 8.07. The van der Waals surface area contributed by atoms with Gasteiger partial charge in [-0.1, -0.05) is 88.2 Å². The molecule has 7 nitrogen and oxygen atoms in total. The Bertz CT molecular complexity index is 1510.